The van der Waals surface area contributed by atoms with E-state index in [0.29, 0.717) is 31.2 Å². The molecule has 0 heterocycles. The summed E-state index contributed by atoms with van der Waals surface area (Å²) >= 11 is 0. The van der Waals surface area contributed by atoms with E-state index in [9.17, 15) is 4.39 Å². The number of nitrogens with two attached hydrogens (primary N) is 1. The van der Waals surface area contributed by atoms with Gasteiger partial charge < -0.3 is 10.5 Å². The molecular formula is C14H22FNO. The molecule has 2 nitrogen and oxygen atoms in total. The molecule has 0 radical (unpaired) electrons. The van der Waals surface area contributed by atoms with Crippen molar-refractivity contribution >= 4 is 0 Å². The van der Waals surface area contributed by atoms with Crippen LogP contribution in [0.4, 0.5) is 4.39 Å². The molecule has 0 amide bonds. The predicted molar refractivity (Wildman–Crippen MR) is 68.0 cm³/mol. The zero-order chi connectivity index (χ0) is 12.7. The van der Waals surface area contributed by atoms with E-state index in [-0.39, 0.29) is 5.82 Å². The van der Waals surface area contributed by atoms with Gasteiger partial charge in [-0.2, -0.15) is 0 Å². The van der Waals surface area contributed by atoms with Crippen molar-refractivity contribution in [1.29, 1.82) is 0 Å². The molecule has 0 saturated carbocycles. The molecule has 0 saturated heterocycles. The van der Waals surface area contributed by atoms with Crippen molar-refractivity contribution in [2.24, 2.45) is 11.7 Å². The van der Waals surface area contributed by atoms with Gasteiger partial charge in [-0.3, -0.25) is 0 Å². The Morgan fingerprint density at radius 1 is 1.41 bits per heavy atom. The maximum atomic E-state index is 13.5. The lowest BCUT2D eigenvalue weighted by Crippen LogP contribution is -2.07. The molecule has 0 fully saturated rings. The largest absolute Gasteiger partial charge is 0.376 e. The van der Waals surface area contributed by atoms with Gasteiger partial charge in [0.1, 0.15) is 5.82 Å². The first-order chi connectivity index (χ1) is 8.17. The predicted octanol–water partition coefficient (Wildman–Crippen LogP) is 3.24. The number of hydrogen-bond donors (Lipinski definition) is 1. The van der Waals surface area contributed by atoms with Gasteiger partial charge in [0.2, 0.25) is 0 Å². The van der Waals surface area contributed by atoms with Gasteiger partial charge in [-0.1, -0.05) is 26.3 Å². The third-order valence-corrected chi connectivity index (χ3v) is 2.79. The summed E-state index contributed by atoms with van der Waals surface area (Å²) < 4.78 is 19.0. The van der Waals surface area contributed by atoms with Crippen molar-refractivity contribution in [1.82, 2.24) is 0 Å². The van der Waals surface area contributed by atoms with E-state index in [1.54, 1.807) is 12.1 Å². The topological polar surface area (TPSA) is 35.2 Å². The van der Waals surface area contributed by atoms with Crippen LogP contribution in [0, 0.1) is 11.7 Å². The minimum absolute atomic E-state index is 0.217. The van der Waals surface area contributed by atoms with Crippen LogP contribution in [0.3, 0.4) is 0 Å². The Kier molecular flexibility index (Phi) is 6.16. The lowest BCUT2D eigenvalue weighted by atomic mass is 10.1. The van der Waals surface area contributed by atoms with Gasteiger partial charge in [0.15, 0.2) is 0 Å². The highest BCUT2D eigenvalue weighted by Crippen LogP contribution is 2.13. The molecule has 96 valence electrons. The van der Waals surface area contributed by atoms with E-state index in [2.05, 4.69) is 13.8 Å². The normalized spacial score (nSPS) is 12.7. The highest BCUT2D eigenvalue weighted by atomic mass is 19.1. The molecule has 1 atom stereocenters. The number of benzene rings is 1. The van der Waals surface area contributed by atoms with Crippen LogP contribution in [0.2, 0.25) is 0 Å². The lowest BCUT2D eigenvalue weighted by Gasteiger charge is -2.11. The van der Waals surface area contributed by atoms with E-state index in [1.165, 1.54) is 6.07 Å². The van der Waals surface area contributed by atoms with Crippen LogP contribution in [-0.4, -0.2) is 6.61 Å². The molecule has 0 bridgehead atoms. The van der Waals surface area contributed by atoms with Gasteiger partial charge in [-0.15, -0.1) is 0 Å². The minimum Gasteiger partial charge on any atom is -0.376 e. The second-order valence-corrected chi connectivity index (χ2v) is 4.54. The Morgan fingerprint density at radius 3 is 2.82 bits per heavy atom. The van der Waals surface area contributed by atoms with Gasteiger partial charge in [-0.05, 0) is 30.0 Å². The molecule has 1 aromatic carbocycles. The van der Waals surface area contributed by atoms with Gasteiger partial charge in [-0.25, -0.2) is 4.39 Å². The monoisotopic (exact) mass is 239 g/mol. The van der Waals surface area contributed by atoms with E-state index >= 15 is 0 Å². The maximum absolute atomic E-state index is 13.5. The van der Waals surface area contributed by atoms with Gasteiger partial charge in [0.05, 0.1) is 6.61 Å². The van der Waals surface area contributed by atoms with Gasteiger partial charge in [0.25, 0.3) is 0 Å². The summed E-state index contributed by atoms with van der Waals surface area (Å²) in [5, 5.41) is 0. The summed E-state index contributed by atoms with van der Waals surface area (Å²) in [6.45, 7) is 5.74. The standard InChI is InChI=1S/C14H22FNO/c1-3-4-11(2)9-17-10-13-7-12(8-16)5-6-14(13)15/h5-7,11H,3-4,8-10,16H2,1-2H3. The Bertz CT molecular complexity index is 341. The summed E-state index contributed by atoms with van der Waals surface area (Å²) in [7, 11) is 0. The molecular weight excluding hydrogens is 217 g/mol. The summed E-state index contributed by atoms with van der Waals surface area (Å²) in [5.74, 6) is 0.311. The molecule has 3 heteroatoms. The van der Waals surface area contributed by atoms with Crippen LogP contribution in [0.1, 0.15) is 37.8 Å². The second-order valence-electron chi connectivity index (χ2n) is 4.54. The fourth-order valence-electron chi connectivity index (χ4n) is 1.81. The Labute approximate surface area is 103 Å². The molecule has 0 spiro atoms. The van der Waals surface area contributed by atoms with E-state index in [1.807, 2.05) is 0 Å². The van der Waals surface area contributed by atoms with Crippen LogP contribution in [-0.2, 0) is 17.9 Å². The average Bonchev–Trinajstić information content (AvgIpc) is 2.32. The Morgan fingerprint density at radius 2 is 2.18 bits per heavy atom. The first-order valence-corrected chi connectivity index (χ1v) is 6.22. The fraction of sp³-hybridized carbons (Fsp3) is 0.571. The third kappa shape index (κ3) is 4.84. The summed E-state index contributed by atoms with van der Waals surface area (Å²) in [6, 6.07) is 4.94. The van der Waals surface area contributed by atoms with Crippen LogP contribution < -0.4 is 5.73 Å². The van der Waals surface area contributed by atoms with Crippen LogP contribution in [0.5, 0.6) is 0 Å². The maximum Gasteiger partial charge on any atom is 0.128 e. The van der Waals surface area contributed by atoms with Crippen molar-refractivity contribution < 1.29 is 9.13 Å². The SMILES string of the molecule is CCCC(C)COCc1cc(CN)ccc1F. The quantitative estimate of drug-likeness (QED) is 0.792. The van der Waals surface area contributed by atoms with Gasteiger partial charge >= 0.3 is 0 Å². The number of halogens is 1. The highest BCUT2D eigenvalue weighted by Gasteiger charge is 2.05. The smallest absolute Gasteiger partial charge is 0.128 e. The first kappa shape index (κ1) is 14.1. The molecule has 2 N–H and O–H groups in total. The van der Waals surface area contributed by atoms with Crippen LogP contribution >= 0.6 is 0 Å². The molecule has 1 unspecified atom stereocenters. The van der Waals surface area contributed by atoms with Gasteiger partial charge in [0, 0.05) is 18.7 Å². The van der Waals surface area contributed by atoms with Crippen molar-refractivity contribution in [3.8, 4) is 0 Å². The Hall–Kier alpha value is -0.930. The fourth-order valence-corrected chi connectivity index (χ4v) is 1.81. The van der Waals surface area contributed by atoms with Crippen molar-refractivity contribution in [3.05, 3.63) is 35.1 Å². The molecule has 0 aromatic heterocycles. The molecule has 0 aliphatic rings. The summed E-state index contributed by atoms with van der Waals surface area (Å²) in [5.41, 5.74) is 7.05. The zero-order valence-corrected chi connectivity index (χ0v) is 10.7. The number of ether oxygens (including phenoxy) is 1. The molecule has 0 aliphatic carbocycles. The van der Waals surface area contributed by atoms with E-state index in [4.69, 9.17) is 10.5 Å². The van der Waals surface area contributed by atoms with Crippen LogP contribution in [0.15, 0.2) is 18.2 Å². The molecule has 1 rings (SSSR count). The summed E-state index contributed by atoms with van der Waals surface area (Å²) in [6.07, 6.45) is 2.30. The van der Waals surface area contributed by atoms with Crippen molar-refractivity contribution in [2.75, 3.05) is 6.61 Å². The minimum atomic E-state index is -0.217. The summed E-state index contributed by atoms with van der Waals surface area (Å²) in [4.78, 5) is 0. The zero-order valence-electron chi connectivity index (χ0n) is 10.7. The molecule has 0 aliphatic heterocycles. The first-order valence-electron chi connectivity index (χ1n) is 6.22. The molecule has 1 aromatic rings. The average molecular weight is 239 g/mol. The van der Waals surface area contributed by atoms with Crippen molar-refractivity contribution in [3.63, 3.8) is 0 Å². The molecule has 17 heavy (non-hydrogen) atoms. The Balaban J connectivity index is 2.45. The second kappa shape index (κ2) is 7.41. The van der Waals surface area contributed by atoms with Crippen LogP contribution in [0.25, 0.3) is 0 Å². The number of hydrogen-bond acceptors (Lipinski definition) is 2. The van der Waals surface area contributed by atoms with E-state index < -0.39 is 0 Å². The highest BCUT2D eigenvalue weighted by molar-refractivity contribution is 5.24. The van der Waals surface area contributed by atoms with E-state index in [0.717, 1.165) is 18.4 Å². The van der Waals surface area contributed by atoms with Crippen molar-refractivity contribution in [2.45, 2.75) is 39.8 Å². The third-order valence-electron chi connectivity index (χ3n) is 2.79. The lowest BCUT2D eigenvalue weighted by molar-refractivity contribution is 0.0874. The number of rotatable bonds is 7.